The number of benzene rings is 2. The molecule has 7 nitrogen and oxygen atoms in total. The zero-order valence-electron chi connectivity index (χ0n) is 15.5. The van der Waals surface area contributed by atoms with E-state index in [9.17, 15) is 14.6 Å². The first kappa shape index (κ1) is 28.1. The van der Waals surface area contributed by atoms with E-state index in [1.807, 2.05) is 54.6 Å². The van der Waals surface area contributed by atoms with Crippen molar-refractivity contribution >= 4 is 116 Å². The Labute approximate surface area is 243 Å². The van der Waals surface area contributed by atoms with Crippen molar-refractivity contribution in [3.05, 3.63) is 60.2 Å². The first-order valence-corrected chi connectivity index (χ1v) is 9.49. The van der Waals surface area contributed by atoms with Crippen molar-refractivity contribution in [3.63, 3.8) is 0 Å². The summed E-state index contributed by atoms with van der Waals surface area (Å²) in [5.41, 5.74) is 0.962. The summed E-state index contributed by atoms with van der Waals surface area (Å²) >= 11 is 0. The second-order valence-corrected chi connectivity index (χ2v) is 7.15. The molecule has 2 aromatic rings. The maximum atomic E-state index is 11.4. The van der Waals surface area contributed by atoms with Crippen LogP contribution in [0, 0.1) is 0 Å². The molecule has 0 aliphatic rings. The molecule has 0 atom stereocenters. The quantitative estimate of drug-likeness (QED) is 0.250. The van der Waals surface area contributed by atoms with E-state index in [2.05, 4.69) is 0 Å². The molecule has 0 unspecified atom stereocenters. The summed E-state index contributed by atoms with van der Waals surface area (Å²) in [6, 6.07) is 16.8. The fraction of sp³-hybridized carbons (Fsp3) is 0.235. The molecule has 1 amide bonds. The number of carbonyl (C=O) groups excluding carboxylic acids is 1. The summed E-state index contributed by atoms with van der Waals surface area (Å²) in [5, 5.41) is 9.87. The molecular weight excluding hydrogens is 423 g/mol. The van der Waals surface area contributed by atoms with Crippen LogP contribution in [-0.4, -0.2) is 141 Å². The Morgan fingerprint density at radius 2 is 1.63 bits per heavy atom. The predicted octanol–water partition coefficient (Wildman–Crippen LogP) is 2.05. The molecule has 0 saturated heterocycles. The zero-order chi connectivity index (χ0) is 18.3. The van der Waals surface area contributed by atoms with Crippen molar-refractivity contribution in [2.24, 2.45) is 0 Å². The summed E-state index contributed by atoms with van der Waals surface area (Å²) in [6.45, 7) is -0.0113. The Bertz CT molecular complexity index is 756. The standard InChI is InChI=1S/C17H20NO6P.2K/c19-17(13-25(21,22)23)18(20)11-5-7-14-6-4-10-16(12-14)24-15-8-2-1-3-9-15;;/h1-4,6,8-10,12,20H,5,7,11,13H2,(H2,21,22,23);;. The normalized spacial score (nSPS) is 10.3. The van der Waals surface area contributed by atoms with Gasteiger partial charge in [0, 0.05) is 109 Å². The fourth-order valence-electron chi connectivity index (χ4n) is 2.20. The van der Waals surface area contributed by atoms with Gasteiger partial charge in [0.15, 0.2) is 0 Å². The summed E-state index contributed by atoms with van der Waals surface area (Å²) < 4.78 is 16.5. The van der Waals surface area contributed by atoms with E-state index in [-0.39, 0.29) is 109 Å². The van der Waals surface area contributed by atoms with Gasteiger partial charge in [0.2, 0.25) is 0 Å². The number of nitrogens with zero attached hydrogens (tertiary/aromatic N) is 1. The van der Waals surface area contributed by atoms with Gasteiger partial charge >= 0.3 is 7.60 Å². The smallest absolute Gasteiger partial charge is 0.335 e. The van der Waals surface area contributed by atoms with Gasteiger partial charge in [-0.25, -0.2) is 5.06 Å². The molecule has 10 heteroatoms. The fourth-order valence-corrected chi connectivity index (χ4v) is 2.72. The number of aryl methyl sites for hydroxylation is 1. The van der Waals surface area contributed by atoms with E-state index in [1.165, 1.54) is 0 Å². The third-order valence-corrected chi connectivity index (χ3v) is 4.02. The molecule has 0 saturated carbocycles. The van der Waals surface area contributed by atoms with Gasteiger partial charge in [-0.2, -0.15) is 0 Å². The Balaban J connectivity index is 0.00000338. The van der Waals surface area contributed by atoms with Crippen LogP contribution in [0.2, 0.25) is 0 Å². The molecule has 0 fully saturated rings. The molecule has 0 bridgehead atoms. The van der Waals surface area contributed by atoms with Crippen molar-refractivity contribution in [1.82, 2.24) is 5.06 Å². The molecule has 2 radical (unpaired) electrons. The van der Waals surface area contributed by atoms with Crippen molar-refractivity contribution < 1.29 is 29.1 Å². The Hall–Kier alpha value is 1.09. The summed E-state index contributed by atoms with van der Waals surface area (Å²) in [6.07, 6.45) is 0.0222. The minimum Gasteiger partial charge on any atom is -0.457 e. The molecule has 3 N–H and O–H groups in total. The van der Waals surface area contributed by atoms with Gasteiger partial charge in [0.1, 0.15) is 17.7 Å². The average Bonchev–Trinajstić information content (AvgIpc) is 2.54. The van der Waals surface area contributed by atoms with E-state index in [1.54, 1.807) is 0 Å². The molecule has 0 aliphatic heterocycles. The SMILES string of the molecule is O=C(CP(=O)(O)O)N(O)CCCc1cccc(Oc2ccccc2)c1.[K].[K]. The monoisotopic (exact) mass is 443 g/mol. The van der Waals surface area contributed by atoms with Crippen molar-refractivity contribution in [2.75, 3.05) is 12.7 Å². The topological polar surface area (TPSA) is 107 Å². The first-order valence-electron chi connectivity index (χ1n) is 7.69. The third-order valence-electron chi connectivity index (χ3n) is 3.34. The van der Waals surface area contributed by atoms with Crippen molar-refractivity contribution in [3.8, 4) is 11.5 Å². The maximum absolute atomic E-state index is 11.4. The van der Waals surface area contributed by atoms with E-state index in [0.717, 1.165) is 11.3 Å². The Morgan fingerprint density at radius 1 is 1.00 bits per heavy atom. The van der Waals surface area contributed by atoms with Crippen molar-refractivity contribution in [2.45, 2.75) is 12.8 Å². The van der Waals surface area contributed by atoms with Crippen LogP contribution in [0.3, 0.4) is 0 Å². The van der Waals surface area contributed by atoms with Crippen LogP contribution in [0.4, 0.5) is 0 Å². The minimum atomic E-state index is -4.47. The third kappa shape index (κ3) is 11.8. The van der Waals surface area contributed by atoms with Gasteiger partial charge in [-0.15, -0.1) is 0 Å². The van der Waals surface area contributed by atoms with Crippen LogP contribution < -0.4 is 4.74 Å². The minimum absolute atomic E-state index is 0. The van der Waals surface area contributed by atoms with Crippen LogP contribution >= 0.6 is 7.60 Å². The number of ether oxygens (including phenoxy) is 1. The van der Waals surface area contributed by atoms with Crippen LogP contribution in [0.15, 0.2) is 54.6 Å². The van der Waals surface area contributed by atoms with Gasteiger partial charge in [0.05, 0.1) is 0 Å². The van der Waals surface area contributed by atoms with Crippen LogP contribution in [0.1, 0.15) is 12.0 Å². The average molecular weight is 444 g/mol. The van der Waals surface area contributed by atoms with Gasteiger partial charge in [-0.1, -0.05) is 30.3 Å². The molecule has 0 aliphatic carbocycles. The van der Waals surface area contributed by atoms with Crippen LogP contribution in [-0.2, 0) is 15.8 Å². The molecule has 136 valence electrons. The molecule has 2 aromatic carbocycles. The number of rotatable bonds is 8. The number of carbonyl (C=O) groups is 1. The van der Waals surface area contributed by atoms with Crippen LogP contribution in [0.25, 0.3) is 0 Å². The number of amides is 1. The molecule has 0 aromatic heterocycles. The predicted molar refractivity (Wildman–Crippen MR) is 103 cm³/mol. The van der Waals surface area contributed by atoms with Gasteiger partial charge in [-0.3, -0.25) is 14.6 Å². The first-order chi connectivity index (χ1) is 11.8. The molecule has 0 spiro atoms. The summed E-state index contributed by atoms with van der Waals surface area (Å²) in [4.78, 5) is 28.9. The number of hydrogen-bond donors (Lipinski definition) is 3. The largest absolute Gasteiger partial charge is 0.457 e. The molecule has 2 rings (SSSR count). The molecule has 0 heterocycles. The van der Waals surface area contributed by atoms with E-state index >= 15 is 0 Å². The van der Waals surface area contributed by atoms with E-state index < -0.39 is 19.7 Å². The second-order valence-electron chi connectivity index (χ2n) is 5.51. The Morgan fingerprint density at radius 3 is 2.26 bits per heavy atom. The summed E-state index contributed by atoms with van der Waals surface area (Å²) in [7, 11) is -4.47. The van der Waals surface area contributed by atoms with Gasteiger partial charge < -0.3 is 14.5 Å². The number of hydroxylamine groups is 2. The molecule has 27 heavy (non-hydrogen) atoms. The maximum Gasteiger partial charge on any atom is 0.335 e. The van der Waals surface area contributed by atoms with Gasteiger partial charge in [-0.05, 0) is 42.7 Å². The Kier molecular flexibility index (Phi) is 14.7. The van der Waals surface area contributed by atoms with E-state index in [4.69, 9.17) is 14.5 Å². The van der Waals surface area contributed by atoms with Crippen molar-refractivity contribution in [1.29, 1.82) is 0 Å². The molecular formula is C17H20K2NO6P. The summed E-state index contributed by atoms with van der Waals surface area (Å²) in [5.74, 6) is 0.417. The second kappa shape index (κ2) is 14.2. The van der Waals surface area contributed by atoms with Gasteiger partial charge in [0.25, 0.3) is 5.91 Å². The number of hydrogen-bond acceptors (Lipinski definition) is 4. The van der Waals surface area contributed by atoms with Crippen LogP contribution in [0.5, 0.6) is 11.5 Å². The number of para-hydroxylation sites is 1. The van der Waals surface area contributed by atoms with E-state index in [0.29, 0.717) is 23.7 Å². The zero-order valence-corrected chi connectivity index (χ0v) is 22.6.